The molecular weight excluding hydrogens is 324 g/mol. The number of aryl methyl sites for hydroxylation is 1. The Bertz CT molecular complexity index is 825. The number of nitrogens with one attached hydrogen (secondary N) is 1. The summed E-state index contributed by atoms with van der Waals surface area (Å²) < 4.78 is 7.16. The Balaban J connectivity index is 1.67. The van der Waals surface area contributed by atoms with Gasteiger partial charge in [0.1, 0.15) is 0 Å². The maximum atomic E-state index is 12.3. The molecule has 2 heterocycles. The summed E-state index contributed by atoms with van der Waals surface area (Å²) in [6, 6.07) is 11.3. The van der Waals surface area contributed by atoms with E-state index in [9.17, 15) is 4.79 Å². The molecule has 3 aromatic rings. The number of anilines is 1. The number of benzene rings is 1. The zero-order valence-corrected chi connectivity index (χ0v) is 14.5. The van der Waals surface area contributed by atoms with Gasteiger partial charge in [-0.2, -0.15) is 0 Å². The third-order valence-corrected chi connectivity index (χ3v) is 4.68. The van der Waals surface area contributed by atoms with Gasteiger partial charge in [0, 0.05) is 12.7 Å². The molecule has 0 aliphatic heterocycles. The number of thioether (sulfide) groups is 1. The molecule has 6 nitrogen and oxygen atoms in total. The molecule has 1 amide bonds. The van der Waals surface area contributed by atoms with Crippen molar-refractivity contribution < 1.29 is 9.21 Å². The molecule has 0 fully saturated rings. The second-order valence-electron chi connectivity index (χ2n) is 5.46. The maximum Gasteiger partial charge on any atom is 0.237 e. The molecule has 0 aliphatic carbocycles. The van der Waals surface area contributed by atoms with Gasteiger partial charge in [-0.05, 0) is 38.1 Å². The molecule has 0 unspecified atom stereocenters. The predicted octanol–water partition coefficient (Wildman–Crippen LogP) is 3.50. The Morgan fingerprint density at radius 1 is 1.25 bits per heavy atom. The van der Waals surface area contributed by atoms with Gasteiger partial charge in [-0.15, -0.1) is 10.2 Å². The van der Waals surface area contributed by atoms with Gasteiger partial charge in [0.2, 0.25) is 5.91 Å². The van der Waals surface area contributed by atoms with Gasteiger partial charge < -0.3 is 14.3 Å². The van der Waals surface area contributed by atoms with Gasteiger partial charge in [0.25, 0.3) is 0 Å². The van der Waals surface area contributed by atoms with Gasteiger partial charge in [0.15, 0.2) is 16.7 Å². The summed E-state index contributed by atoms with van der Waals surface area (Å²) in [6.07, 6.45) is 1.59. The Hall–Kier alpha value is -2.54. The van der Waals surface area contributed by atoms with Crippen molar-refractivity contribution >= 4 is 23.4 Å². The molecule has 0 saturated heterocycles. The maximum absolute atomic E-state index is 12.3. The van der Waals surface area contributed by atoms with E-state index in [1.54, 1.807) is 12.3 Å². The number of rotatable bonds is 5. The fourth-order valence-corrected chi connectivity index (χ4v) is 2.95. The number of hydrogen-bond acceptors (Lipinski definition) is 5. The van der Waals surface area contributed by atoms with Crippen LogP contribution < -0.4 is 5.32 Å². The lowest BCUT2D eigenvalue weighted by atomic mass is 10.2. The molecule has 7 heteroatoms. The van der Waals surface area contributed by atoms with E-state index in [2.05, 4.69) is 15.5 Å². The molecule has 24 heavy (non-hydrogen) atoms. The average molecular weight is 342 g/mol. The summed E-state index contributed by atoms with van der Waals surface area (Å²) in [6.45, 7) is 3.85. The van der Waals surface area contributed by atoms with Crippen molar-refractivity contribution in [2.45, 2.75) is 24.3 Å². The number of aromatic nitrogens is 3. The molecule has 1 N–H and O–H groups in total. The second kappa shape index (κ2) is 6.92. The van der Waals surface area contributed by atoms with E-state index in [-0.39, 0.29) is 11.2 Å². The SMILES string of the molecule is Cc1ccc(NC(=O)[C@@H](C)Sc2nnc(-c3ccco3)n2C)cc1. The molecule has 0 saturated carbocycles. The normalized spacial score (nSPS) is 12.1. The van der Waals surface area contributed by atoms with Crippen LogP contribution in [0.1, 0.15) is 12.5 Å². The van der Waals surface area contributed by atoms with E-state index >= 15 is 0 Å². The molecule has 1 atom stereocenters. The summed E-state index contributed by atoms with van der Waals surface area (Å²) >= 11 is 1.35. The van der Waals surface area contributed by atoms with Gasteiger partial charge in [-0.1, -0.05) is 29.5 Å². The van der Waals surface area contributed by atoms with Gasteiger partial charge >= 0.3 is 0 Å². The van der Waals surface area contributed by atoms with Crippen LogP contribution in [0.15, 0.2) is 52.2 Å². The van der Waals surface area contributed by atoms with Crippen LogP contribution in [0.25, 0.3) is 11.6 Å². The standard InChI is InChI=1S/C17H18N4O2S/c1-11-6-8-13(9-7-11)18-16(22)12(2)24-17-20-19-15(21(17)3)14-5-4-10-23-14/h4-10,12H,1-3H3,(H,18,22)/t12-/m1/s1. The first-order chi connectivity index (χ1) is 11.5. The summed E-state index contributed by atoms with van der Waals surface area (Å²) in [5.41, 5.74) is 1.94. The first-order valence-electron chi connectivity index (χ1n) is 7.52. The van der Waals surface area contributed by atoms with Crippen LogP contribution in [0.4, 0.5) is 5.69 Å². The van der Waals surface area contributed by atoms with Crippen LogP contribution in [0.3, 0.4) is 0 Å². The molecule has 0 radical (unpaired) electrons. The van der Waals surface area contributed by atoms with Gasteiger partial charge in [0.05, 0.1) is 11.5 Å². The Morgan fingerprint density at radius 3 is 2.67 bits per heavy atom. The lowest BCUT2D eigenvalue weighted by Gasteiger charge is -2.11. The van der Waals surface area contributed by atoms with Crippen LogP contribution in [-0.4, -0.2) is 25.9 Å². The van der Waals surface area contributed by atoms with Crippen molar-refractivity contribution in [2.75, 3.05) is 5.32 Å². The number of carbonyl (C=O) groups excluding carboxylic acids is 1. The first-order valence-corrected chi connectivity index (χ1v) is 8.40. The highest BCUT2D eigenvalue weighted by molar-refractivity contribution is 8.00. The summed E-state index contributed by atoms with van der Waals surface area (Å²) in [5, 5.41) is 11.5. The number of nitrogens with zero attached hydrogens (tertiary/aromatic N) is 3. The van der Waals surface area contributed by atoms with E-state index < -0.39 is 0 Å². The Morgan fingerprint density at radius 2 is 2.00 bits per heavy atom. The van der Waals surface area contributed by atoms with Gasteiger partial charge in [-0.3, -0.25) is 4.79 Å². The average Bonchev–Trinajstić information content (AvgIpc) is 3.20. The van der Waals surface area contributed by atoms with E-state index in [0.717, 1.165) is 11.3 Å². The van der Waals surface area contributed by atoms with Crippen LogP contribution in [0.5, 0.6) is 0 Å². The highest BCUT2D eigenvalue weighted by Gasteiger charge is 2.20. The van der Waals surface area contributed by atoms with Crippen LogP contribution in [0.2, 0.25) is 0 Å². The summed E-state index contributed by atoms with van der Waals surface area (Å²) in [4.78, 5) is 12.3. The zero-order valence-electron chi connectivity index (χ0n) is 13.7. The van der Waals surface area contributed by atoms with E-state index in [1.807, 2.05) is 55.8 Å². The van der Waals surface area contributed by atoms with Crippen molar-refractivity contribution in [3.63, 3.8) is 0 Å². The van der Waals surface area contributed by atoms with Crippen molar-refractivity contribution in [1.29, 1.82) is 0 Å². The monoisotopic (exact) mass is 342 g/mol. The summed E-state index contributed by atoms with van der Waals surface area (Å²) in [7, 11) is 1.85. The number of amides is 1. The minimum atomic E-state index is -0.307. The lowest BCUT2D eigenvalue weighted by molar-refractivity contribution is -0.115. The fraction of sp³-hybridized carbons (Fsp3) is 0.235. The van der Waals surface area contributed by atoms with Crippen LogP contribution >= 0.6 is 11.8 Å². The molecule has 2 aromatic heterocycles. The highest BCUT2D eigenvalue weighted by Crippen LogP contribution is 2.26. The molecule has 0 spiro atoms. The van der Waals surface area contributed by atoms with Crippen molar-refractivity contribution in [3.05, 3.63) is 48.2 Å². The number of hydrogen-bond donors (Lipinski definition) is 1. The quantitative estimate of drug-likeness (QED) is 0.718. The summed E-state index contributed by atoms with van der Waals surface area (Å²) in [5.74, 6) is 1.20. The largest absolute Gasteiger partial charge is 0.461 e. The number of furan rings is 1. The highest BCUT2D eigenvalue weighted by atomic mass is 32.2. The first kappa shape index (κ1) is 16.3. The Kier molecular flexibility index (Phi) is 4.71. The fourth-order valence-electron chi connectivity index (χ4n) is 2.13. The van der Waals surface area contributed by atoms with Crippen molar-refractivity contribution in [2.24, 2.45) is 7.05 Å². The third-order valence-electron chi connectivity index (χ3n) is 3.55. The molecule has 124 valence electrons. The van der Waals surface area contributed by atoms with E-state index in [1.165, 1.54) is 11.8 Å². The van der Waals surface area contributed by atoms with Crippen molar-refractivity contribution in [1.82, 2.24) is 14.8 Å². The number of carbonyl (C=O) groups is 1. The molecule has 1 aromatic carbocycles. The molecule has 0 aliphatic rings. The smallest absolute Gasteiger partial charge is 0.237 e. The third kappa shape index (κ3) is 3.51. The zero-order chi connectivity index (χ0) is 17.1. The lowest BCUT2D eigenvalue weighted by Crippen LogP contribution is -2.22. The minimum Gasteiger partial charge on any atom is -0.461 e. The minimum absolute atomic E-state index is 0.0774. The van der Waals surface area contributed by atoms with E-state index in [0.29, 0.717) is 16.7 Å². The molecule has 3 rings (SSSR count). The predicted molar refractivity (Wildman–Crippen MR) is 93.8 cm³/mol. The Labute approximate surface area is 144 Å². The topological polar surface area (TPSA) is 73.0 Å². The van der Waals surface area contributed by atoms with Crippen LogP contribution in [0, 0.1) is 6.92 Å². The van der Waals surface area contributed by atoms with Gasteiger partial charge in [-0.25, -0.2) is 0 Å². The van der Waals surface area contributed by atoms with Crippen molar-refractivity contribution in [3.8, 4) is 11.6 Å². The second-order valence-corrected chi connectivity index (χ2v) is 6.77. The van der Waals surface area contributed by atoms with E-state index in [4.69, 9.17) is 4.42 Å². The molecule has 0 bridgehead atoms. The molecular formula is C17H18N4O2S. The van der Waals surface area contributed by atoms with Crippen LogP contribution in [-0.2, 0) is 11.8 Å².